The lowest BCUT2D eigenvalue weighted by Gasteiger charge is -2.39. The van der Waals surface area contributed by atoms with Crippen molar-refractivity contribution in [2.75, 3.05) is 0 Å². The molecule has 0 amide bonds. The lowest BCUT2D eigenvalue weighted by Crippen LogP contribution is -2.45. The van der Waals surface area contributed by atoms with Crippen LogP contribution in [0.25, 0.3) is 27.5 Å². The number of rotatable bonds is 4. The van der Waals surface area contributed by atoms with E-state index in [0.717, 1.165) is 5.69 Å². The summed E-state index contributed by atoms with van der Waals surface area (Å²) in [7, 11) is 0. The molecule has 5 nitrogen and oxygen atoms in total. The molecule has 1 fully saturated rings. The monoisotopic (exact) mass is 441 g/mol. The zero-order chi connectivity index (χ0) is 22.9. The largest absolute Gasteiger partial charge is 0.479 e. The smallest absolute Gasteiger partial charge is 0.341 e. The summed E-state index contributed by atoms with van der Waals surface area (Å²) >= 11 is 0. The molecule has 0 atom stereocenters. The van der Waals surface area contributed by atoms with Gasteiger partial charge < -0.3 is 9.67 Å². The fourth-order valence-corrected chi connectivity index (χ4v) is 4.98. The van der Waals surface area contributed by atoms with Crippen LogP contribution in [0.15, 0.2) is 30.5 Å². The molecule has 0 saturated heterocycles. The summed E-state index contributed by atoms with van der Waals surface area (Å²) in [6.07, 6.45) is 1.09. The number of H-pyrrole nitrogens is 1. The summed E-state index contributed by atoms with van der Waals surface area (Å²) in [6.45, 7) is 5.56. The predicted molar refractivity (Wildman–Crippen MR) is 115 cm³/mol. The van der Waals surface area contributed by atoms with Crippen molar-refractivity contribution in [3.05, 3.63) is 58.9 Å². The van der Waals surface area contributed by atoms with Gasteiger partial charge in [0.25, 0.3) is 0 Å². The molecule has 0 spiro atoms. The fourth-order valence-electron chi connectivity index (χ4n) is 4.98. The molecule has 166 valence electrons. The molecule has 0 bridgehead atoms. The first-order valence-electron chi connectivity index (χ1n) is 10.5. The van der Waals surface area contributed by atoms with E-state index in [4.69, 9.17) is 0 Å². The van der Waals surface area contributed by atoms with E-state index in [2.05, 4.69) is 10.2 Å². The van der Waals surface area contributed by atoms with Crippen LogP contribution in [0.4, 0.5) is 13.2 Å². The van der Waals surface area contributed by atoms with Gasteiger partial charge in [0.05, 0.1) is 11.7 Å². The van der Waals surface area contributed by atoms with Gasteiger partial charge in [0.15, 0.2) is 5.82 Å². The van der Waals surface area contributed by atoms with Crippen LogP contribution in [0, 0.1) is 18.6 Å². The van der Waals surface area contributed by atoms with Crippen molar-refractivity contribution in [2.24, 2.45) is 0 Å². The second-order valence-corrected chi connectivity index (χ2v) is 9.02. The third kappa shape index (κ3) is 2.78. The Labute approximate surface area is 181 Å². The van der Waals surface area contributed by atoms with Gasteiger partial charge in [0, 0.05) is 22.2 Å². The van der Waals surface area contributed by atoms with Crippen molar-refractivity contribution in [3.63, 3.8) is 0 Å². The fraction of sp³-hybridized carbons (Fsp3) is 0.333. The minimum Gasteiger partial charge on any atom is -0.479 e. The molecule has 1 aliphatic carbocycles. The van der Waals surface area contributed by atoms with Crippen LogP contribution in [0.1, 0.15) is 55.3 Å². The van der Waals surface area contributed by atoms with Crippen molar-refractivity contribution in [1.82, 2.24) is 14.8 Å². The Bertz CT molecular complexity index is 1400. The van der Waals surface area contributed by atoms with Crippen molar-refractivity contribution in [2.45, 2.75) is 51.1 Å². The zero-order valence-electron chi connectivity index (χ0n) is 17.8. The molecule has 0 aliphatic heterocycles. The van der Waals surface area contributed by atoms with Gasteiger partial charge in [-0.25, -0.2) is 18.0 Å². The number of fused-ring (bicyclic) bond motifs is 2. The van der Waals surface area contributed by atoms with Gasteiger partial charge >= 0.3 is 5.97 Å². The molecule has 0 radical (unpaired) electrons. The van der Waals surface area contributed by atoms with E-state index in [1.165, 1.54) is 12.3 Å². The Morgan fingerprint density at radius 3 is 2.62 bits per heavy atom. The normalized spacial score (nSPS) is 20.9. The molecule has 1 aliphatic rings. The highest BCUT2D eigenvalue weighted by Gasteiger charge is 2.53. The molecule has 1 saturated carbocycles. The first-order valence-corrected chi connectivity index (χ1v) is 10.5. The number of carboxylic acid groups (broad SMARTS) is 1. The second-order valence-electron chi connectivity index (χ2n) is 9.02. The van der Waals surface area contributed by atoms with E-state index in [1.54, 1.807) is 19.1 Å². The maximum atomic E-state index is 15.8. The van der Waals surface area contributed by atoms with Gasteiger partial charge in [-0.05, 0) is 67.0 Å². The van der Waals surface area contributed by atoms with Gasteiger partial charge in [-0.15, -0.1) is 0 Å². The average molecular weight is 441 g/mol. The van der Waals surface area contributed by atoms with Gasteiger partial charge in [0.2, 0.25) is 5.67 Å². The summed E-state index contributed by atoms with van der Waals surface area (Å²) in [4.78, 5) is 11.4. The van der Waals surface area contributed by atoms with Crippen molar-refractivity contribution < 1.29 is 23.1 Å². The summed E-state index contributed by atoms with van der Waals surface area (Å²) in [6, 6.07) is 6.50. The number of aliphatic carboxylic acids is 1. The van der Waals surface area contributed by atoms with Crippen LogP contribution in [0.2, 0.25) is 0 Å². The van der Waals surface area contributed by atoms with Crippen LogP contribution in [0.3, 0.4) is 0 Å². The maximum Gasteiger partial charge on any atom is 0.341 e. The number of aromatic amines is 1. The van der Waals surface area contributed by atoms with Gasteiger partial charge in [-0.1, -0.05) is 13.8 Å². The first kappa shape index (κ1) is 20.6. The number of carboxylic acids is 1. The van der Waals surface area contributed by atoms with Gasteiger partial charge in [-0.3, -0.25) is 5.10 Å². The topological polar surface area (TPSA) is 70.9 Å². The second kappa shape index (κ2) is 6.85. The van der Waals surface area contributed by atoms with Gasteiger partial charge in [0.1, 0.15) is 11.3 Å². The number of alkyl halides is 1. The Morgan fingerprint density at radius 1 is 1.28 bits per heavy atom. The summed E-state index contributed by atoms with van der Waals surface area (Å²) < 4.78 is 46.3. The number of benzene rings is 2. The number of nitrogens with zero attached hydrogens (tertiary/aromatic N) is 2. The highest BCUT2D eigenvalue weighted by Crippen LogP contribution is 2.53. The molecule has 8 heteroatoms. The number of aromatic nitrogens is 3. The molecular formula is C24H22F3N3O2. The Kier molecular flexibility index (Phi) is 4.41. The molecule has 2 heterocycles. The zero-order valence-corrected chi connectivity index (χ0v) is 17.8. The number of aryl methyl sites for hydroxylation is 1. The molecule has 4 aromatic rings. The van der Waals surface area contributed by atoms with Gasteiger partial charge in [-0.2, -0.15) is 5.10 Å². The predicted octanol–water partition coefficient (Wildman–Crippen LogP) is 5.89. The molecule has 32 heavy (non-hydrogen) atoms. The summed E-state index contributed by atoms with van der Waals surface area (Å²) in [5.74, 6) is -2.88. The lowest BCUT2D eigenvalue weighted by molar-refractivity contribution is -0.158. The standard InChI is InChI=1S/C24H22F3N3O2/c1-11(2)22-18(14-8-24(27,9-14)23(31)32)19-17(7-13-10-28-29-21(13)20(19)26)30(22)15-4-5-16(25)12(3)6-15/h4-7,10-11,14H,8-9H2,1-3H3,(H,28,29)(H,31,32)/t14-,24+. The van der Waals surface area contributed by atoms with E-state index in [1.807, 2.05) is 24.5 Å². The Morgan fingerprint density at radius 2 is 2.00 bits per heavy atom. The number of hydrogen-bond donors (Lipinski definition) is 2. The summed E-state index contributed by atoms with van der Waals surface area (Å²) in [5, 5.41) is 16.8. The molecule has 2 N–H and O–H groups in total. The third-order valence-corrected chi connectivity index (χ3v) is 6.56. The van der Waals surface area contributed by atoms with E-state index in [-0.39, 0.29) is 30.1 Å². The highest BCUT2D eigenvalue weighted by atomic mass is 19.1. The maximum absolute atomic E-state index is 15.8. The average Bonchev–Trinajstić information content (AvgIpc) is 3.30. The van der Waals surface area contributed by atoms with E-state index in [9.17, 15) is 18.7 Å². The van der Waals surface area contributed by atoms with Crippen LogP contribution >= 0.6 is 0 Å². The van der Waals surface area contributed by atoms with Crippen LogP contribution < -0.4 is 0 Å². The first-order chi connectivity index (χ1) is 15.1. The lowest BCUT2D eigenvalue weighted by atomic mass is 9.68. The van der Waals surface area contributed by atoms with Crippen LogP contribution in [-0.4, -0.2) is 31.5 Å². The molecule has 2 aromatic heterocycles. The third-order valence-electron chi connectivity index (χ3n) is 6.56. The minimum atomic E-state index is -2.31. The van der Waals surface area contributed by atoms with E-state index in [0.29, 0.717) is 33.1 Å². The molecule has 5 rings (SSSR count). The Hall–Kier alpha value is -3.29. The number of halogens is 3. The number of nitrogens with one attached hydrogen (secondary N) is 1. The number of hydrogen-bond acceptors (Lipinski definition) is 2. The molecular weight excluding hydrogens is 419 g/mol. The van der Waals surface area contributed by atoms with Crippen LogP contribution in [-0.2, 0) is 4.79 Å². The minimum absolute atomic E-state index is 0.0851. The summed E-state index contributed by atoms with van der Waals surface area (Å²) in [5.41, 5.74) is 0.980. The quantitative estimate of drug-likeness (QED) is 0.415. The Balaban J connectivity index is 1.86. The van der Waals surface area contributed by atoms with Crippen molar-refractivity contribution >= 4 is 27.8 Å². The van der Waals surface area contributed by atoms with Crippen molar-refractivity contribution in [3.8, 4) is 5.69 Å². The number of carbonyl (C=O) groups is 1. The highest BCUT2D eigenvalue weighted by molar-refractivity contribution is 6.00. The SMILES string of the molecule is Cc1cc(-n2c(C(C)C)c([C@H]3C[C@](F)(C(=O)O)C3)c3c(F)c4[nH]ncc4cc32)ccc1F. The van der Waals surface area contributed by atoms with E-state index < -0.39 is 23.4 Å². The molecule has 0 unspecified atom stereocenters. The van der Waals surface area contributed by atoms with Crippen molar-refractivity contribution in [1.29, 1.82) is 0 Å². The molecule has 2 aromatic carbocycles. The van der Waals surface area contributed by atoms with E-state index >= 15 is 4.39 Å². The van der Waals surface area contributed by atoms with Crippen LogP contribution in [0.5, 0.6) is 0 Å².